The molecule has 1 fully saturated rings. The number of pyridine rings is 1. The molecule has 104 valence electrons. The molecule has 19 heavy (non-hydrogen) atoms. The summed E-state index contributed by atoms with van der Waals surface area (Å²) >= 11 is 17.6. The van der Waals surface area contributed by atoms with E-state index >= 15 is 0 Å². The first kappa shape index (κ1) is 14.8. The zero-order valence-electron chi connectivity index (χ0n) is 9.78. The monoisotopic (exact) mass is 324 g/mol. The maximum atomic E-state index is 12.3. The maximum absolute atomic E-state index is 12.3. The number of aromatic nitrogens is 1. The highest BCUT2D eigenvalue weighted by molar-refractivity contribution is 6.48. The van der Waals surface area contributed by atoms with E-state index in [0.717, 1.165) is 0 Å². The molecule has 2 heterocycles. The summed E-state index contributed by atoms with van der Waals surface area (Å²) in [6.07, 6.45) is 0.895. The van der Waals surface area contributed by atoms with Gasteiger partial charge in [0.2, 0.25) is 0 Å². The number of aliphatic hydroxyl groups is 1. The molecule has 1 atom stereocenters. The van der Waals surface area contributed by atoms with Crippen molar-refractivity contribution in [2.45, 2.75) is 6.10 Å². The predicted molar refractivity (Wildman–Crippen MR) is 72.0 cm³/mol. The summed E-state index contributed by atoms with van der Waals surface area (Å²) in [5.41, 5.74) is 0.0506. The topological polar surface area (TPSA) is 62.7 Å². The molecule has 5 nitrogen and oxygen atoms in total. The average Bonchev–Trinajstić information content (AvgIpc) is 2.44. The van der Waals surface area contributed by atoms with Gasteiger partial charge in [-0.1, -0.05) is 34.8 Å². The van der Waals surface area contributed by atoms with Crippen LogP contribution in [0.4, 0.5) is 0 Å². The molecule has 2 rings (SSSR count). The largest absolute Gasteiger partial charge is 0.394 e. The van der Waals surface area contributed by atoms with Gasteiger partial charge in [0.1, 0.15) is 5.69 Å². The van der Waals surface area contributed by atoms with E-state index < -0.39 is 0 Å². The number of nitrogens with zero attached hydrogens (tertiary/aromatic N) is 2. The number of morpholine rings is 1. The molecular weight excluding hydrogens is 314 g/mol. The van der Waals surface area contributed by atoms with Crippen LogP contribution in [0.5, 0.6) is 0 Å². The number of hydrogen-bond acceptors (Lipinski definition) is 4. The Hall–Kier alpha value is -0.590. The molecule has 0 bridgehead atoms. The molecule has 8 heteroatoms. The quantitative estimate of drug-likeness (QED) is 0.902. The second-order valence-corrected chi connectivity index (χ2v) is 5.17. The van der Waals surface area contributed by atoms with Gasteiger partial charge in [-0.15, -0.1) is 0 Å². The number of halogens is 3. The first-order valence-electron chi connectivity index (χ1n) is 5.55. The molecule has 1 aliphatic heterocycles. The fourth-order valence-electron chi connectivity index (χ4n) is 1.76. The average molecular weight is 326 g/mol. The van der Waals surface area contributed by atoms with Crippen LogP contribution in [0.15, 0.2) is 6.20 Å². The van der Waals surface area contributed by atoms with E-state index in [1.165, 1.54) is 11.1 Å². The van der Waals surface area contributed by atoms with Crippen molar-refractivity contribution in [1.29, 1.82) is 0 Å². The van der Waals surface area contributed by atoms with Crippen LogP contribution in [0, 0.1) is 0 Å². The zero-order valence-corrected chi connectivity index (χ0v) is 12.0. The van der Waals surface area contributed by atoms with Crippen LogP contribution in [0.1, 0.15) is 10.5 Å². The van der Waals surface area contributed by atoms with Crippen LogP contribution in [0.3, 0.4) is 0 Å². The van der Waals surface area contributed by atoms with Gasteiger partial charge in [-0.05, 0) is 0 Å². The van der Waals surface area contributed by atoms with Crippen molar-refractivity contribution < 1.29 is 14.6 Å². The molecule has 1 aliphatic rings. The second-order valence-electron chi connectivity index (χ2n) is 4.01. The van der Waals surface area contributed by atoms with Crippen LogP contribution in [-0.4, -0.2) is 53.3 Å². The molecule has 1 saturated heterocycles. The third-order valence-electron chi connectivity index (χ3n) is 2.75. The Bertz CT molecular complexity index is 498. The van der Waals surface area contributed by atoms with Gasteiger partial charge in [0, 0.05) is 19.3 Å². The van der Waals surface area contributed by atoms with Crippen LogP contribution in [0.25, 0.3) is 0 Å². The Morgan fingerprint density at radius 2 is 2.21 bits per heavy atom. The summed E-state index contributed by atoms with van der Waals surface area (Å²) in [4.78, 5) is 17.7. The number of rotatable bonds is 2. The fraction of sp³-hybridized carbons (Fsp3) is 0.455. The van der Waals surface area contributed by atoms with Crippen LogP contribution >= 0.6 is 34.8 Å². The van der Waals surface area contributed by atoms with Crippen molar-refractivity contribution in [2.24, 2.45) is 0 Å². The molecule has 0 aliphatic carbocycles. The van der Waals surface area contributed by atoms with Crippen molar-refractivity contribution in [3.63, 3.8) is 0 Å². The Balaban J connectivity index is 2.22. The molecule has 0 spiro atoms. The van der Waals surface area contributed by atoms with E-state index in [4.69, 9.17) is 44.6 Å². The van der Waals surface area contributed by atoms with Crippen molar-refractivity contribution in [2.75, 3.05) is 26.3 Å². The molecule has 1 aromatic heterocycles. The molecule has 1 aromatic rings. The summed E-state index contributed by atoms with van der Waals surface area (Å²) in [7, 11) is 0. The lowest BCUT2D eigenvalue weighted by Gasteiger charge is -2.32. The van der Waals surface area contributed by atoms with Crippen molar-refractivity contribution in [1.82, 2.24) is 9.88 Å². The van der Waals surface area contributed by atoms with Crippen LogP contribution < -0.4 is 0 Å². The first-order chi connectivity index (χ1) is 9.04. The van der Waals surface area contributed by atoms with Gasteiger partial charge in [-0.3, -0.25) is 4.79 Å². The van der Waals surface area contributed by atoms with Gasteiger partial charge in [0.05, 0.1) is 34.4 Å². The van der Waals surface area contributed by atoms with Crippen molar-refractivity contribution in [3.05, 3.63) is 27.0 Å². The van der Waals surface area contributed by atoms with E-state index in [1.807, 2.05) is 0 Å². The Kier molecular flexibility index (Phi) is 4.86. The minimum atomic E-state index is -0.390. The molecule has 1 amide bonds. The number of ether oxygens (including phenoxy) is 1. The minimum absolute atomic E-state index is 0.0335. The van der Waals surface area contributed by atoms with Gasteiger partial charge in [-0.25, -0.2) is 4.98 Å². The van der Waals surface area contributed by atoms with Crippen LogP contribution in [-0.2, 0) is 4.74 Å². The SMILES string of the molecule is O=C(c1ncc(Cl)c(Cl)c1Cl)N1CCOC(CO)C1. The molecule has 1 N–H and O–H groups in total. The first-order valence-corrected chi connectivity index (χ1v) is 6.69. The van der Waals surface area contributed by atoms with Gasteiger partial charge in [0.25, 0.3) is 5.91 Å². The Labute approximate surface area is 125 Å². The summed E-state index contributed by atoms with van der Waals surface area (Å²) in [5.74, 6) is -0.356. The summed E-state index contributed by atoms with van der Waals surface area (Å²) in [5, 5.41) is 9.38. The second kappa shape index (κ2) is 6.24. The minimum Gasteiger partial charge on any atom is -0.394 e. The molecule has 1 unspecified atom stereocenters. The van der Waals surface area contributed by atoms with Gasteiger partial charge >= 0.3 is 0 Å². The van der Waals surface area contributed by atoms with E-state index in [-0.39, 0.29) is 45.9 Å². The molecule has 0 saturated carbocycles. The fourth-order valence-corrected chi connectivity index (χ4v) is 2.32. The lowest BCUT2D eigenvalue weighted by atomic mass is 10.2. The van der Waals surface area contributed by atoms with E-state index in [0.29, 0.717) is 13.2 Å². The summed E-state index contributed by atoms with van der Waals surface area (Å²) in [6, 6.07) is 0. The molecular formula is C11H11Cl3N2O3. The predicted octanol–water partition coefficient (Wildman–Crippen LogP) is 1.88. The smallest absolute Gasteiger partial charge is 0.274 e. The third-order valence-corrected chi connectivity index (χ3v) is 3.99. The maximum Gasteiger partial charge on any atom is 0.274 e. The lowest BCUT2D eigenvalue weighted by Crippen LogP contribution is -2.47. The summed E-state index contributed by atoms with van der Waals surface area (Å²) < 4.78 is 5.27. The Morgan fingerprint density at radius 1 is 1.47 bits per heavy atom. The van der Waals surface area contributed by atoms with Crippen LogP contribution in [0.2, 0.25) is 15.1 Å². The number of amides is 1. The van der Waals surface area contributed by atoms with E-state index in [9.17, 15) is 4.79 Å². The number of hydrogen-bond donors (Lipinski definition) is 1. The number of carbonyl (C=O) groups is 1. The number of carbonyl (C=O) groups excluding carboxylic acids is 1. The van der Waals surface area contributed by atoms with E-state index in [2.05, 4.69) is 4.98 Å². The molecule has 0 radical (unpaired) electrons. The summed E-state index contributed by atoms with van der Waals surface area (Å²) in [6.45, 7) is 0.906. The van der Waals surface area contributed by atoms with Gasteiger partial charge < -0.3 is 14.7 Å². The standard InChI is InChI=1S/C11H11Cl3N2O3/c12-7-3-15-10(9(14)8(7)13)11(18)16-1-2-19-6(4-16)5-17/h3,6,17H,1-2,4-5H2. The highest BCUT2D eigenvalue weighted by Crippen LogP contribution is 2.31. The van der Waals surface area contributed by atoms with Crippen molar-refractivity contribution in [3.8, 4) is 0 Å². The van der Waals surface area contributed by atoms with Gasteiger partial charge in [-0.2, -0.15) is 0 Å². The Morgan fingerprint density at radius 3 is 2.89 bits per heavy atom. The third kappa shape index (κ3) is 3.12. The zero-order chi connectivity index (χ0) is 14.0. The molecule has 0 aromatic carbocycles. The van der Waals surface area contributed by atoms with Gasteiger partial charge in [0.15, 0.2) is 0 Å². The number of aliphatic hydroxyl groups excluding tert-OH is 1. The highest BCUT2D eigenvalue weighted by Gasteiger charge is 2.27. The highest BCUT2D eigenvalue weighted by atomic mass is 35.5. The van der Waals surface area contributed by atoms with E-state index in [1.54, 1.807) is 0 Å². The van der Waals surface area contributed by atoms with Crippen molar-refractivity contribution >= 4 is 40.7 Å². The lowest BCUT2D eigenvalue weighted by molar-refractivity contribution is -0.0448. The normalized spacial score (nSPS) is 19.6.